The maximum atomic E-state index is 4.42. The third kappa shape index (κ3) is 9.84. The first-order chi connectivity index (χ1) is 11.5. The van der Waals surface area contributed by atoms with Crippen LogP contribution in [-0.4, -0.2) is 65.1 Å². The predicted octanol–water partition coefficient (Wildman–Crippen LogP) is 4.58. The maximum absolute atomic E-state index is 4.42. The molecule has 1 aromatic rings. The van der Waals surface area contributed by atoms with Gasteiger partial charge < -0.3 is 16.0 Å². The Labute approximate surface area is 192 Å². The summed E-state index contributed by atoms with van der Waals surface area (Å²) in [5.41, 5.74) is 0. The third-order valence-electron chi connectivity index (χ3n) is 2.58. The predicted molar refractivity (Wildman–Crippen MR) is 125 cm³/mol. The van der Waals surface area contributed by atoms with E-state index in [0.717, 1.165) is 16.0 Å². The number of aromatic nitrogens is 3. The lowest BCUT2D eigenvalue weighted by atomic mass is 10.5. The lowest BCUT2D eigenvalue weighted by Gasteiger charge is -2.14. The molecule has 3 atom stereocenters. The summed E-state index contributed by atoms with van der Waals surface area (Å²) >= 11 is 21.0. The van der Waals surface area contributed by atoms with Crippen molar-refractivity contribution < 1.29 is 0 Å². The normalized spacial score (nSPS) is 14.8. The number of nitrogens with one attached hydrogen (secondary N) is 3. The minimum atomic E-state index is 0.294. The van der Waals surface area contributed by atoms with Crippen molar-refractivity contribution in [3.8, 4) is 0 Å². The summed E-state index contributed by atoms with van der Waals surface area (Å²) in [6.45, 7) is 2.12. The van der Waals surface area contributed by atoms with E-state index in [1.165, 1.54) is 0 Å². The SMILES string of the molecule is BrCC(Br)CNc1nc(NCC(Br)CBr)nc(NCC(Br)CBr)n1. The molecular weight excluding hydrogens is 708 g/mol. The van der Waals surface area contributed by atoms with Crippen molar-refractivity contribution in [2.45, 2.75) is 14.5 Å². The molecular formula is C12H18Br6N6. The average molecular weight is 726 g/mol. The Balaban J connectivity index is 2.79. The lowest BCUT2D eigenvalue weighted by molar-refractivity contribution is 0.931. The summed E-state index contributed by atoms with van der Waals surface area (Å²) in [5.74, 6) is 1.61. The molecule has 6 nitrogen and oxygen atoms in total. The van der Waals surface area contributed by atoms with Crippen molar-refractivity contribution in [1.29, 1.82) is 0 Å². The van der Waals surface area contributed by atoms with Crippen molar-refractivity contribution >= 4 is 113 Å². The second kappa shape index (κ2) is 13.5. The van der Waals surface area contributed by atoms with Crippen LogP contribution in [0.2, 0.25) is 0 Å². The highest BCUT2D eigenvalue weighted by Gasteiger charge is 2.11. The van der Waals surface area contributed by atoms with Crippen molar-refractivity contribution in [3.05, 3.63) is 0 Å². The molecule has 24 heavy (non-hydrogen) atoms. The van der Waals surface area contributed by atoms with Crippen LogP contribution in [-0.2, 0) is 0 Å². The Kier molecular flexibility index (Phi) is 13.1. The van der Waals surface area contributed by atoms with Crippen LogP contribution < -0.4 is 16.0 Å². The van der Waals surface area contributed by atoms with Crippen molar-refractivity contribution in [2.75, 3.05) is 51.6 Å². The average Bonchev–Trinajstić information content (AvgIpc) is 2.61. The van der Waals surface area contributed by atoms with Gasteiger partial charge in [-0.2, -0.15) is 15.0 Å². The molecule has 0 aliphatic carbocycles. The van der Waals surface area contributed by atoms with E-state index in [1.54, 1.807) is 0 Å². The van der Waals surface area contributed by atoms with Crippen LogP contribution in [0, 0.1) is 0 Å². The molecule has 0 radical (unpaired) electrons. The van der Waals surface area contributed by atoms with Crippen LogP contribution in [0.4, 0.5) is 17.8 Å². The van der Waals surface area contributed by atoms with Gasteiger partial charge in [0.05, 0.1) is 0 Å². The Morgan fingerprint density at radius 1 is 0.583 bits per heavy atom. The van der Waals surface area contributed by atoms with E-state index in [2.05, 4.69) is 126 Å². The van der Waals surface area contributed by atoms with Gasteiger partial charge in [0.1, 0.15) is 0 Å². The summed E-state index contributed by atoms with van der Waals surface area (Å²) in [6.07, 6.45) is 0. The molecule has 1 heterocycles. The van der Waals surface area contributed by atoms with E-state index in [4.69, 9.17) is 0 Å². The highest BCUT2D eigenvalue weighted by molar-refractivity contribution is 9.12. The first-order valence-corrected chi connectivity index (χ1v) is 13.2. The van der Waals surface area contributed by atoms with E-state index in [1.807, 2.05) is 0 Å². The van der Waals surface area contributed by atoms with Gasteiger partial charge in [0, 0.05) is 50.1 Å². The Hall–Kier alpha value is 1.29. The molecule has 0 spiro atoms. The molecule has 0 fully saturated rings. The van der Waals surface area contributed by atoms with Gasteiger partial charge in [-0.3, -0.25) is 0 Å². The Morgan fingerprint density at radius 3 is 1.04 bits per heavy atom. The van der Waals surface area contributed by atoms with Gasteiger partial charge in [-0.15, -0.1) is 0 Å². The molecule has 3 N–H and O–H groups in total. The van der Waals surface area contributed by atoms with Crippen LogP contribution >= 0.6 is 95.6 Å². The zero-order valence-electron chi connectivity index (χ0n) is 12.6. The lowest BCUT2D eigenvalue weighted by Crippen LogP contribution is -2.22. The standard InChI is InChI=1S/C12H18Br6N6/c13-1-7(16)4-19-10-22-11(20-5-8(17)2-14)24-12(23-10)21-6-9(18)3-15/h7-9H,1-6H2,(H3,19,20,21,22,23,24). The number of hydrogen-bond donors (Lipinski definition) is 3. The largest absolute Gasteiger partial charge is 0.353 e. The van der Waals surface area contributed by atoms with Gasteiger partial charge in [-0.25, -0.2) is 0 Å². The minimum absolute atomic E-state index is 0.294. The summed E-state index contributed by atoms with van der Waals surface area (Å²) in [4.78, 5) is 14.1. The van der Waals surface area contributed by atoms with Gasteiger partial charge in [-0.05, 0) is 0 Å². The molecule has 0 bridgehead atoms. The van der Waals surface area contributed by atoms with E-state index in [-0.39, 0.29) is 0 Å². The van der Waals surface area contributed by atoms with Crippen molar-refractivity contribution in [2.24, 2.45) is 0 Å². The number of anilines is 3. The number of halogens is 6. The van der Waals surface area contributed by atoms with Gasteiger partial charge in [0.25, 0.3) is 0 Å². The summed E-state index contributed by atoms with van der Waals surface area (Å²) in [6, 6.07) is 0. The number of nitrogens with zero attached hydrogens (tertiary/aromatic N) is 3. The van der Waals surface area contributed by atoms with Gasteiger partial charge in [-0.1, -0.05) is 95.6 Å². The Morgan fingerprint density at radius 2 is 0.833 bits per heavy atom. The van der Waals surface area contributed by atoms with Crippen LogP contribution in [0.3, 0.4) is 0 Å². The summed E-state index contributed by atoms with van der Waals surface area (Å²) < 4.78 is 0. The molecule has 0 aromatic carbocycles. The summed E-state index contributed by atoms with van der Waals surface area (Å²) in [5, 5.41) is 12.2. The van der Waals surface area contributed by atoms with Gasteiger partial charge in [0.15, 0.2) is 0 Å². The molecule has 1 rings (SSSR count). The molecule has 0 saturated heterocycles. The van der Waals surface area contributed by atoms with Gasteiger partial charge in [0.2, 0.25) is 17.8 Å². The second-order valence-corrected chi connectivity index (χ2v) is 10.5. The monoisotopic (exact) mass is 720 g/mol. The van der Waals surface area contributed by atoms with Crippen LogP contribution in [0.5, 0.6) is 0 Å². The van der Waals surface area contributed by atoms with Crippen LogP contribution in [0.25, 0.3) is 0 Å². The number of rotatable bonds is 12. The van der Waals surface area contributed by atoms with E-state index >= 15 is 0 Å². The molecule has 0 amide bonds. The highest BCUT2D eigenvalue weighted by atomic mass is 79.9. The second-order valence-electron chi connectivity index (χ2n) is 4.70. The van der Waals surface area contributed by atoms with Gasteiger partial charge >= 0.3 is 0 Å². The fourth-order valence-corrected chi connectivity index (χ4v) is 2.56. The smallest absolute Gasteiger partial charge is 0.229 e. The van der Waals surface area contributed by atoms with Crippen molar-refractivity contribution in [3.63, 3.8) is 0 Å². The number of alkyl halides is 6. The fraction of sp³-hybridized carbons (Fsp3) is 0.750. The zero-order valence-corrected chi connectivity index (χ0v) is 22.1. The Bertz CT molecular complexity index is 402. The number of hydrogen-bond acceptors (Lipinski definition) is 6. The van der Waals surface area contributed by atoms with E-state index < -0.39 is 0 Å². The molecule has 138 valence electrons. The quantitative estimate of drug-likeness (QED) is 0.274. The zero-order chi connectivity index (χ0) is 17.9. The van der Waals surface area contributed by atoms with Crippen LogP contribution in [0.15, 0.2) is 0 Å². The molecule has 1 aromatic heterocycles. The molecule has 12 heteroatoms. The van der Waals surface area contributed by atoms with E-state index in [0.29, 0.717) is 52.0 Å². The minimum Gasteiger partial charge on any atom is -0.353 e. The van der Waals surface area contributed by atoms with Crippen molar-refractivity contribution in [1.82, 2.24) is 15.0 Å². The molecule has 3 unspecified atom stereocenters. The molecule has 0 aliphatic heterocycles. The topological polar surface area (TPSA) is 74.8 Å². The highest BCUT2D eigenvalue weighted by Crippen LogP contribution is 2.13. The molecule has 0 saturated carbocycles. The summed E-state index contributed by atoms with van der Waals surface area (Å²) in [7, 11) is 0. The third-order valence-corrected chi connectivity index (χ3v) is 9.48. The van der Waals surface area contributed by atoms with Crippen LogP contribution in [0.1, 0.15) is 0 Å². The molecule has 0 aliphatic rings. The first-order valence-electron chi connectivity index (χ1n) is 7.06. The fourth-order valence-electron chi connectivity index (χ4n) is 1.38. The van der Waals surface area contributed by atoms with E-state index in [9.17, 15) is 0 Å². The maximum Gasteiger partial charge on any atom is 0.229 e. The first kappa shape index (κ1) is 23.3.